The van der Waals surface area contributed by atoms with Gasteiger partial charge in [0.25, 0.3) is 0 Å². The van der Waals surface area contributed by atoms with Crippen molar-refractivity contribution < 1.29 is 9.90 Å². The Morgan fingerprint density at radius 2 is 1.78 bits per heavy atom. The molecule has 0 radical (unpaired) electrons. The van der Waals surface area contributed by atoms with E-state index in [9.17, 15) is 4.79 Å². The summed E-state index contributed by atoms with van der Waals surface area (Å²) in [6.07, 6.45) is 13.7. The number of likely N-dealkylation sites (tertiary alicyclic amines) is 1. The maximum Gasteiger partial charge on any atom is 0.304 e. The smallest absolute Gasteiger partial charge is 0.304 e. The van der Waals surface area contributed by atoms with Crippen molar-refractivity contribution in [2.45, 2.75) is 76.3 Å². The molecule has 1 aliphatic carbocycles. The van der Waals surface area contributed by atoms with Gasteiger partial charge in [-0.05, 0) is 32.2 Å². The molecule has 1 unspecified atom stereocenters. The first-order valence-electron chi connectivity index (χ1n) is 8.99. The summed E-state index contributed by atoms with van der Waals surface area (Å²) in [5, 5.41) is 9.08. The van der Waals surface area contributed by atoms with E-state index in [0.29, 0.717) is 5.92 Å². The Morgan fingerprint density at radius 1 is 1.09 bits per heavy atom. The van der Waals surface area contributed by atoms with Gasteiger partial charge in [-0.2, -0.15) is 0 Å². The molecule has 0 spiro atoms. The lowest BCUT2D eigenvalue weighted by Crippen LogP contribution is -2.40. The molecule has 23 heavy (non-hydrogen) atoms. The second kappa shape index (κ2) is 7.86. The Hall–Kier alpha value is -1.49. The van der Waals surface area contributed by atoms with Crippen LogP contribution in [0.15, 0.2) is 12.4 Å². The van der Waals surface area contributed by atoms with Gasteiger partial charge in [-0.3, -0.25) is 9.69 Å². The molecule has 1 N–H and O–H groups in total. The summed E-state index contributed by atoms with van der Waals surface area (Å²) < 4.78 is 0. The monoisotopic (exact) mass is 317 g/mol. The first kappa shape index (κ1) is 16.4. The van der Waals surface area contributed by atoms with E-state index in [1.165, 1.54) is 32.1 Å². The van der Waals surface area contributed by atoms with Crippen LogP contribution in [0.4, 0.5) is 0 Å². The summed E-state index contributed by atoms with van der Waals surface area (Å²) in [6.45, 7) is 1.74. The maximum absolute atomic E-state index is 11.0. The van der Waals surface area contributed by atoms with Crippen molar-refractivity contribution in [2.75, 3.05) is 6.54 Å². The first-order chi connectivity index (χ1) is 11.2. The van der Waals surface area contributed by atoms with Gasteiger partial charge >= 0.3 is 5.97 Å². The Kier molecular flexibility index (Phi) is 5.60. The van der Waals surface area contributed by atoms with E-state index >= 15 is 0 Å². The fourth-order valence-corrected chi connectivity index (χ4v) is 3.95. The maximum atomic E-state index is 11.0. The van der Waals surface area contributed by atoms with Gasteiger partial charge in [0, 0.05) is 36.5 Å². The Morgan fingerprint density at radius 3 is 2.48 bits per heavy atom. The van der Waals surface area contributed by atoms with Crippen molar-refractivity contribution in [3.8, 4) is 0 Å². The fourth-order valence-electron chi connectivity index (χ4n) is 3.95. The summed E-state index contributed by atoms with van der Waals surface area (Å²) in [7, 11) is 0. The lowest BCUT2D eigenvalue weighted by molar-refractivity contribution is -0.138. The second-order valence-electron chi connectivity index (χ2n) is 7.00. The molecule has 126 valence electrons. The van der Waals surface area contributed by atoms with Gasteiger partial charge in [-0.15, -0.1) is 0 Å². The zero-order valence-electron chi connectivity index (χ0n) is 13.8. The number of aromatic nitrogens is 2. The van der Waals surface area contributed by atoms with Crippen LogP contribution in [0.5, 0.6) is 0 Å². The molecule has 0 bridgehead atoms. The number of hydrogen-bond acceptors (Lipinski definition) is 4. The normalized spacial score (nSPS) is 23.7. The molecule has 2 aliphatic rings. The predicted octanol–water partition coefficient (Wildman–Crippen LogP) is 3.35. The molecule has 3 rings (SSSR count). The standard InChI is InChI=1S/C18H27N3O2/c22-17(23)10-16-8-4-5-9-21(16)13-14-11-19-18(20-12-14)15-6-2-1-3-7-15/h11-12,15-16H,1-10,13H2,(H,22,23). The van der Waals surface area contributed by atoms with Crippen LogP contribution in [0.1, 0.15) is 75.1 Å². The molecule has 2 heterocycles. The summed E-state index contributed by atoms with van der Waals surface area (Å²) in [5.74, 6) is 0.826. The zero-order valence-corrected chi connectivity index (χ0v) is 13.8. The third-order valence-corrected chi connectivity index (χ3v) is 5.24. The van der Waals surface area contributed by atoms with Crippen LogP contribution in [-0.2, 0) is 11.3 Å². The Bertz CT molecular complexity index is 512. The van der Waals surface area contributed by atoms with Crippen LogP contribution in [0.2, 0.25) is 0 Å². The highest BCUT2D eigenvalue weighted by Gasteiger charge is 2.25. The molecule has 5 heteroatoms. The van der Waals surface area contributed by atoms with Gasteiger partial charge < -0.3 is 5.11 Å². The van der Waals surface area contributed by atoms with E-state index in [0.717, 1.165) is 43.7 Å². The van der Waals surface area contributed by atoms with Crippen molar-refractivity contribution in [1.29, 1.82) is 0 Å². The van der Waals surface area contributed by atoms with Gasteiger partial charge in [0.2, 0.25) is 0 Å². The molecule has 1 aromatic rings. The number of rotatable bonds is 5. The zero-order chi connectivity index (χ0) is 16.1. The van der Waals surface area contributed by atoms with Crippen LogP contribution in [0.25, 0.3) is 0 Å². The van der Waals surface area contributed by atoms with E-state index in [1.54, 1.807) is 0 Å². The van der Waals surface area contributed by atoms with Crippen molar-refractivity contribution >= 4 is 5.97 Å². The van der Waals surface area contributed by atoms with Gasteiger partial charge in [0.1, 0.15) is 5.82 Å². The van der Waals surface area contributed by atoms with Gasteiger partial charge in [0.05, 0.1) is 6.42 Å². The molecule has 2 fully saturated rings. The number of carbonyl (C=O) groups is 1. The summed E-state index contributed by atoms with van der Waals surface area (Å²) in [4.78, 5) is 22.5. The Balaban J connectivity index is 1.61. The number of carboxylic acid groups (broad SMARTS) is 1. The van der Waals surface area contributed by atoms with Crippen molar-refractivity contribution in [1.82, 2.24) is 14.9 Å². The molecule has 1 atom stereocenters. The van der Waals surface area contributed by atoms with Crippen molar-refractivity contribution in [2.24, 2.45) is 0 Å². The minimum atomic E-state index is -0.703. The van der Waals surface area contributed by atoms with Gasteiger partial charge in [0.15, 0.2) is 0 Å². The molecular weight excluding hydrogens is 290 g/mol. The quantitative estimate of drug-likeness (QED) is 0.902. The summed E-state index contributed by atoms with van der Waals surface area (Å²) >= 11 is 0. The Labute approximate surface area is 138 Å². The predicted molar refractivity (Wildman–Crippen MR) is 88.2 cm³/mol. The van der Waals surface area contributed by atoms with Crippen LogP contribution in [0.3, 0.4) is 0 Å². The number of nitrogens with zero attached hydrogens (tertiary/aromatic N) is 3. The van der Waals surface area contributed by atoms with Crippen LogP contribution in [-0.4, -0.2) is 38.5 Å². The fraction of sp³-hybridized carbons (Fsp3) is 0.722. The molecule has 0 amide bonds. The van der Waals surface area contributed by atoms with Gasteiger partial charge in [-0.25, -0.2) is 9.97 Å². The molecule has 1 aliphatic heterocycles. The highest BCUT2D eigenvalue weighted by Crippen LogP contribution is 2.30. The third kappa shape index (κ3) is 4.50. The number of aliphatic carboxylic acids is 1. The largest absolute Gasteiger partial charge is 0.481 e. The van der Waals surface area contributed by atoms with Crippen LogP contribution in [0, 0.1) is 0 Å². The number of hydrogen-bond donors (Lipinski definition) is 1. The molecule has 1 saturated heterocycles. The number of piperidine rings is 1. The second-order valence-corrected chi connectivity index (χ2v) is 7.00. The average molecular weight is 317 g/mol. The average Bonchev–Trinajstić information content (AvgIpc) is 2.58. The van der Waals surface area contributed by atoms with E-state index < -0.39 is 5.97 Å². The highest BCUT2D eigenvalue weighted by molar-refractivity contribution is 5.67. The SMILES string of the molecule is O=C(O)CC1CCCCN1Cc1cnc(C2CCCCC2)nc1. The molecular formula is C18H27N3O2. The topological polar surface area (TPSA) is 66.3 Å². The van der Waals surface area contributed by atoms with E-state index in [4.69, 9.17) is 5.11 Å². The van der Waals surface area contributed by atoms with Crippen LogP contribution >= 0.6 is 0 Å². The van der Waals surface area contributed by atoms with E-state index in [-0.39, 0.29) is 12.5 Å². The van der Waals surface area contributed by atoms with E-state index in [1.807, 2.05) is 12.4 Å². The minimum Gasteiger partial charge on any atom is -0.481 e. The van der Waals surface area contributed by atoms with E-state index in [2.05, 4.69) is 14.9 Å². The molecule has 1 saturated carbocycles. The molecule has 1 aromatic heterocycles. The molecule has 5 nitrogen and oxygen atoms in total. The number of carboxylic acids is 1. The van der Waals surface area contributed by atoms with Crippen LogP contribution < -0.4 is 0 Å². The summed E-state index contributed by atoms with van der Waals surface area (Å²) in [5.41, 5.74) is 1.10. The van der Waals surface area contributed by atoms with Crippen molar-refractivity contribution in [3.63, 3.8) is 0 Å². The van der Waals surface area contributed by atoms with Crippen molar-refractivity contribution in [3.05, 3.63) is 23.8 Å². The first-order valence-corrected chi connectivity index (χ1v) is 8.99. The lowest BCUT2D eigenvalue weighted by atomic mass is 9.89. The third-order valence-electron chi connectivity index (χ3n) is 5.24. The molecule has 0 aromatic carbocycles. The summed E-state index contributed by atoms with van der Waals surface area (Å²) in [6, 6.07) is 0.152. The highest BCUT2D eigenvalue weighted by atomic mass is 16.4. The lowest BCUT2D eigenvalue weighted by Gasteiger charge is -2.34. The minimum absolute atomic E-state index is 0.152. The van der Waals surface area contributed by atoms with Gasteiger partial charge in [-0.1, -0.05) is 25.7 Å².